The maximum absolute atomic E-state index is 12.0. The van der Waals surface area contributed by atoms with E-state index in [2.05, 4.69) is 27.8 Å². The Bertz CT molecular complexity index is 562. The van der Waals surface area contributed by atoms with Crippen LogP contribution in [0.5, 0.6) is 0 Å². The molecule has 0 saturated carbocycles. The standard InChI is InChI=1S/C18H28N4O2/c1-3-17-9-4-5-11-22(17)12-10-19-18(24)21-16-8-6-7-15(13-16)20-14(2)23/h6-8,13,17H,3-5,9-12H2,1-2H3,(H,20,23)(H2,19,21,24). The number of nitrogens with zero attached hydrogens (tertiary/aromatic N) is 1. The van der Waals surface area contributed by atoms with Gasteiger partial charge in [-0.05, 0) is 44.0 Å². The molecule has 3 N–H and O–H groups in total. The number of amides is 3. The molecule has 2 rings (SSSR count). The number of benzene rings is 1. The third-order valence-corrected chi connectivity index (χ3v) is 4.35. The number of piperidine rings is 1. The van der Waals surface area contributed by atoms with Crippen molar-refractivity contribution in [2.45, 2.75) is 45.6 Å². The number of rotatable bonds is 6. The highest BCUT2D eigenvalue weighted by Gasteiger charge is 2.20. The topological polar surface area (TPSA) is 73.5 Å². The quantitative estimate of drug-likeness (QED) is 0.750. The van der Waals surface area contributed by atoms with Crippen molar-refractivity contribution in [3.8, 4) is 0 Å². The highest BCUT2D eigenvalue weighted by molar-refractivity contribution is 5.92. The molecule has 1 aromatic carbocycles. The van der Waals surface area contributed by atoms with Gasteiger partial charge < -0.3 is 16.0 Å². The second kappa shape index (κ2) is 9.27. The molecule has 0 aromatic heterocycles. The maximum atomic E-state index is 12.0. The lowest BCUT2D eigenvalue weighted by Crippen LogP contribution is -2.44. The van der Waals surface area contributed by atoms with E-state index in [0.717, 1.165) is 13.1 Å². The predicted molar refractivity (Wildman–Crippen MR) is 97.3 cm³/mol. The van der Waals surface area contributed by atoms with Crippen molar-refractivity contribution in [1.82, 2.24) is 10.2 Å². The summed E-state index contributed by atoms with van der Waals surface area (Å²) in [4.78, 5) is 25.6. The van der Waals surface area contributed by atoms with Crippen molar-refractivity contribution in [2.75, 3.05) is 30.3 Å². The zero-order valence-electron chi connectivity index (χ0n) is 14.6. The van der Waals surface area contributed by atoms with E-state index in [9.17, 15) is 9.59 Å². The normalized spacial score (nSPS) is 18.0. The van der Waals surface area contributed by atoms with Gasteiger partial charge >= 0.3 is 6.03 Å². The smallest absolute Gasteiger partial charge is 0.319 e. The van der Waals surface area contributed by atoms with E-state index in [1.807, 2.05) is 0 Å². The minimum atomic E-state index is -0.222. The molecule has 1 heterocycles. The summed E-state index contributed by atoms with van der Waals surface area (Å²) in [6.45, 7) is 6.33. The van der Waals surface area contributed by atoms with Gasteiger partial charge in [0.25, 0.3) is 0 Å². The number of urea groups is 1. The molecular weight excluding hydrogens is 304 g/mol. The SMILES string of the molecule is CCC1CCCCN1CCNC(=O)Nc1cccc(NC(C)=O)c1. The van der Waals surface area contributed by atoms with E-state index in [1.54, 1.807) is 24.3 Å². The summed E-state index contributed by atoms with van der Waals surface area (Å²) < 4.78 is 0. The summed E-state index contributed by atoms with van der Waals surface area (Å²) in [7, 11) is 0. The van der Waals surface area contributed by atoms with Crippen LogP contribution in [0.3, 0.4) is 0 Å². The van der Waals surface area contributed by atoms with Crippen LogP contribution in [0, 0.1) is 0 Å². The molecule has 1 unspecified atom stereocenters. The lowest BCUT2D eigenvalue weighted by Gasteiger charge is -2.35. The number of nitrogens with one attached hydrogen (secondary N) is 3. The van der Waals surface area contributed by atoms with Gasteiger partial charge in [-0.3, -0.25) is 9.69 Å². The van der Waals surface area contributed by atoms with Crippen molar-refractivity contribution in [1.29, 1.82) is 0 Å². The van der Waals surface area contributed by atoms with Crippen molar-refractivity contribution < 1.29 is 9.59 Å². The highest BCUT2D eigenvalue weighted by atomic mass is 16.2. The number of carbonyl (C=O) groups excluding carboxylic acids is 2. The van der Waals surface area contributed by atoms with E-state index in [-0.39, 0.29) is 11.9 Å². The van der Waals surface area contributed by atoms with E-state index in [0.29, 0.717) is 24.0 Å². The summed E-state index contributed by atoms with van der Waals surface area (Å²) in [5.41, 5.74) is 1.32. The second-order valence-corrected chi connectivity index (χ2v) is 6.24. The molecule has 6 nitrogen and oxygen atoms in total. The molecule has 24 heavy (non-hydrogen) atoms. The molecule has 6 heteroatoms. The zero-order valence-corrected chi connectivity index (χ0v) is 14.6. The van der Waals surface area contributed by atoms with Gasteiger partial charge in [-0.25, -0.2) is 4.79 Å². The third-order valence-electron chi connectivity index (χ3n) is 4.35. The van der Waals surface area contributed by atoms with Gasteiger partial charge in [-0.2, -0.15) is 0 Å². The maximum Gasteiger partial charge on any atom is 0.319 e. The Morgan fingerprint density at radius 3 is 2.67 bits per heavy atom. The van der Waals surface area contributed by atoms with Crippen LogP contribution in [-0.2, 0) is 4.79 Å². The summed E-state index contributed by atoms with van der Waals surface area (Å²) in [5.74, 6) is -0.136. The molecule has 1 aliphatic heterocycles. The van der Waals surface area contributed by atoms with Crippen LogP contribution < -0.4 is 16.0 Å². The fraction of sp³-hybridized carbons (Fsp3) is 0.556. The minimum Gasteiger partial charge on any atom is -0.337 e. The molecule has 0 aliphatic carbocycles. The Morgan fingerprint density at radius 2 is 1.96 bits per heavy atom. The average Bonchev–Trinajstić information content (AvgIpc) is 2.55. The minimum absolute atomic E-state index is 0.136. The molecule has 1 saturated heterocycles. The zero-order chi connectivity index (χ0) is 17.4. The molecule has 1 aliphatic rings. The molecular formula is C18H28N4O2. The van der Waals surface area contributed by atoms with Gasteiger partial charge in [-0.1, -0.05) is 19.4 Å². The predicted octanol–water partition coefficient (Wildman–Crippen LogP) is 3.03. The Morgan fingerprint density at radius 1 is 1.21 bits per heavy atom. The first kappa shape index (κ1) is 18.3. The van der Waals surface area contributed by atoms with Crippen LogP contribution in [0.4, 0.5) is 16.2 Å². The fourth-order valence-corrected chi connectivity index (χ4v) is 3.18. The second-order valence-electron chi connectivity index (χ2n) is 6.24. The molecule has 0 spiro atoms. The van der Waals surface area contributed by atoms with Crippen molar-refractivity contribution in [3.63, 3.8) is 0 Å². The van der Waals surface area contributed by atoms with E-state index >= 15 is 0 Å². The van der Waals surface area contributed by atoms with Gasteiger partial charge in [0.15, 0.2) is 0 Å². The van der Waals surface area contributed by atoms with E-state index < -0.39 is 0 Å². The molecule has 1 fully saturated rings. The number of hydrogen-bond donors (Lipinski definition) is 3. The number of carbonyl (C=O) groups is 2. The molecule has 0 radical (unpaired) electrons. The van der Waals surface area contributed by atoms with E-state index in [4.69, 9.17) is 0 Å². The van der Waals surface area contributed by atoms with Gasteiger partial charge in [0, 0.05) is 37.4 Å². The lowest BCUT2D eigenvalue weighted by molar-refractivity contribution is -0.114. The van der Waals surface area contributed by atoms with Crippen LogP contribution in [0.1, 0.15) is 39.5 Å². The Hall–Kier alpha value is -2.08. The van der Waals surface area contributed by atoms with Crippen molar-refractivity contribution >= 4 is 23.3 Å². The summed E-state index contributed by atoms with van der Waals surface area (Å²) in [5, 5.41) is 8.40. The van der Waals surface area contributed by atoms with Crippen LogP contribution in [0.25, 0.3) is 0 Å². The number of hydrogen-bond acceptors (Lipinski definition) is 3. The third kappa shape index (κ3) is 5.85. The largest absolute Gasteiger partial charge is 0.337 e. The van der Waals surface area contributed by atoms with Crippen LogP contribution in [-0.4, -0.2) is 42.5 Å². The molecule has 132 valence electrons. The summed E-state index contributed by atoms with van der Waals surface area (Å²) >= 11 is 0. The first-order valence-electron chi connectivity index (χ1n) is 8.75. The van der Waals surface area contributed by atoms with Gasteiger partial charge in [0.2, 0.25) is 5.91 Å². The molecule has 1 aromatic rings. The van der Waals surface area contributed by atoms with Gasteiger partial charge in [0.1, 0.15) is 0 Å². The van der Waals surface area contributed by atoms with Crippen molar-refractivity contribution in [3.05, 3.63) is 24.3 Å². The van der Waals surface area contributed by atoms with Crippen LogP contribution in [0.2, 0.25) is 0 Å². The molecule has 1 atom stereocenters. The van der Waals surface area contributed by atoms with Crippen molar-refractivity contribution in [2.24, 2.45) is 0 Å². The monoisotopic (exact) mass is 332 g/mol. The van der Waals surface area contributed by atoms with Gasteiger partial charge in [0.05, 0.1) is 0 Å². The first-order chi connectivity index (χ1) is 11.6. The number of anilines is 2. The molecule has 3 amide bonds. The average molecular weight is 332 g/mol. The van der Waals surface area contributed by atoms with Crippen LogP contribution in [0.15, 0.2) is 24.3 Å². The fourth-order valence-electron chi connectivity index (χ4n) is 3.18. The lowest BCUT2D eigenvalue weighted by atomic mass is 10.0. The first-order valence-corrected chi connectivity index (χ1v) is 8.75. The highest BCUT2D eigenvalue weighted by Crippen LogP contribution is 2.18. The summed E-state index contributed by atoms with van der Waals surface area (Å²) in [6, 6.07) is 7.53. The van der Waals surface area contributed by atoms with E-state index in [1.165, 1.54) is 32.6 Å². The molecule has 0 bridgehead atoms. The number of likely N-dealkylation sites (tertiary alicyclic amines) is 1. The van der Waals surface area contributed by atoms with Gasteiger partial charge in [-0.15, -0.1) is 0 Å². The summed E-state index contributed by atoms with van der Waals surface area (Å²) in [6.07, 6.45) is 4.99. The Kier molecular flexibility index (Phi) is 7.06. The Balaban J connectivity index is 1.76. The Labute approximate surface area is 144 Å². The van der Waals surface area contributed by atoms with Crippen LogP contribution >= 0.6 is 0 Å².